The van der Waals surface area contributed by atoms with Gasteiger partial charge in [0.2, 0.25) is 5.75 Å². The Morgan fingerprint density at radius 1 is 0.791 bits per heavy atom. The molecule has 0 aliphatic heterocycles. The van der Waals surface area contributed by atoms with Gasteiger partial charge in [-0.3, -0.25) is 19.3 Å². The summed E-state index contributed by atoms with van der Waals surface area (Å²) in [4.78, 5) is 12.7. The van der Waals surface area contributed by atoms with E-state index in [1.165, 1.54) is 33.5 Å². The zero-order valence-electron chi connectivity index (χ0n) is 24.2. The summed E-state index contributed by atoms with van der Waals surface area (Å²) in [7, 11) is -2.90. The fraction of sp³-hybridized carbons (Fsp3) is 0.259. The van der Waals surface area contributed by atoms with Crippen LogP contribution >= 0.6 is 0 Å². The van der Waals surface area contributed by atoms with Crippen LogP contribution in [0.4, 0.5) is 0 Å². The largest absolute Gasteiger partial charge is 0.493 e. The van der Waals surface area contributed by atoms with Crippen molar-refractivity contribution in [2.75, 3.05) is 33.8 Å². The molecule has 0 unspecified atom stereocenters. The first-order chi connectivity index (χ1) is 20.0. The van der Waals surface area contributed by atoms with Gasteiger partial charge in [0.05, 0.1) is 33.8 Å². The van der Waals surface area contributed by atoms with Gasteiger partial charge in [0.15, 0.2) is 11.5 Å². The zero-order chi connectivity index (χ0) is 32.8. The molecule has 1 amide bonds. The van der Waals surface area contributed by atoms with Crippen LogP contribution in [0, 0.1) is 5.41 Å². The van der Waals surface area contributed by atoms with E-state index in [0.717, 1.165) is 11.1 Å². The quantitative estimate of drug-likeness (QED) is 0.129. The van der Waals surface area contributed by atoms with Crippen LogP contribution in [0.25, 0.3) is 0 Å². The number of hydrogen-bond acceptors (Lipinski definition) is 11. The van der Waals surface area contributed by atoms with E-state index in [1.54, 1.807) is 24.3 Å². The molecule has 0 saturated heterocycles. The summed E-state index contributed by atoms with van der Waals surface area (Å²) in [5.74, 6) is 1.24. The minimum Gasteiger partial charge on any atom is -0.493 e. The Morgan fingerprint density at radius 2 is 1.23 bits per heavy atom. The third kappa shape index (κ3) is 15.0. The molecule has 0 aliphatic rings. The van der Waals surface area contributed by atoms with Crippen LogP contribution in [-0.4, -0.2) is 71.5 Å². The van der Waals surface area contributed by atoms with E-state index in [9.17, 15) is 21.6 Å². The Balaban J connectivity index is 0.000000798. The average Bonchev–Trinajstić information content (AvgIpc) is 2.93. The number of amides is 1. The zero-order valence-corrected chi connectivity index (χ0v) is 25.8. The van der Waals surface area contributed by atoms with Crippen molar-refractivity contribution in [3.8, 4) is 23.0 Å². The molecule has 0 aromatic heterocycles. The lowest BCUT2D eigenvalue weighted by Crippen LogP contribution is -2.30. The number of amidine groups is 1. The van der Waals surface area contributed by atoms with Gasteiger partial charge in [0, 0.05) is 17.7 Å². The van der Waals surface area contributed by atoms with E-state index in [-0.39, 0.29) is 11.4 Å². The number of rotatable bonds is 9. The van der Waals surface area contributed by atoms with Crippen LogP contribution in [0.5, 0.6) is 23.0 Å². The Kier molecular flexibility index (Phi) is 14.6. The van der Waals surface area contributed by atoms with Gasteiger partial charge in [0.1, 0.15) is 18.2 Å². The van der Waals surface area contributed by atoms with E-state index in [4.69, 9.17) is 39.2 Å². The molecule has 0 bridgehead atoms. The molecule has 43 heavy (non-hydrogen) atoms. The number of carbonyl (C=O) groups is 1. The van der Waals surface area contributed by atoms with Gasteiger partial charge in [-0.25, -0.2) is 0 Å². The Labute approximate surface area is 250 Å². The fourth-order valence-corrected chi connectivity index (χ4v) is 3.13. The Morgan fingerprint density at radius 3 is 1.63 bits per heavy atom. The predicted octanol–water partition coefficient (Wildman–Crippen LogP) is 2.51. The highest BCUT2D eigenvalue weighted by molar-refractivity contribution is 7.85. The van der Waals surface area contributed by atoms with Crippen LogP contribution in [0.2, 0.25) is 0 Å². The maximum atomic E-state index is 12.7. The highest BCUT2D eigenvalue weighted by Gasteiger charge is 2.18. The number of ether oxygens (including phenoxy) is 4. The van der Waals surface area contributed by atoms with Gasteiger partial charge < -0.3 is 30.0 Å². The molecule has 16 heteroatoms. The molecule has 0 aliphatic carbocycles. The standard InChI is InChI=1S/C25H27N3O5.2CH4O3S/c1-30-21-12-19(13-22(31-2)23(21)32-3)25(29)28-24(27)18-8-10-20(11-9-18)33-15-17-6-4-16(14-26)5-7-17;2*1-5(2,3)4/h4-13H,14-15,26H2,1-3H3,(H2,27,28,29);2*1H3,(H,2,3,4). The number of nitrogens with one attached hydrogen (secondary N) is 2. The van der Waals surface area contributed by atoms with Crippen molar-refractivity contribution in [2.24, 2.45) is 5.73 Å². The summed E-state index contributed by atoms with van der Waals surface area (Å²) in [5.41, 5.74) is 8.52. The van der Waals surface area contributed by atoms with Crippen molar-refractivity contribution in [1.29, 1.82) is 5.41 Å². The molecule has 14 nitrogen and oxygen atoms in total. The first-order valence-corrected chi connectivity index (χ1v) is 15.7. The van der Waals surface area contributed by atoms with E-state index in [2.05, 4.69) is 5.32 Å². The first kappa shape index (κ1) is 36.8. The summed E-state index contributed by atoms with van der Waals surface area (Å²) in [6.45, 7) is 0.921. The van der Waals surface area contributed by atoms with Crippen molar-refractivity contribution >= 4 is 32.0 Å². The second-order valence-electron chi connectivity index (χ2n) is 8.54. The molecule has 3 aromatic rings. The van der Waals surface area contributed by atoms with Gasteiger partial charge >= 0.3 is 0 Å². The van der Waals surface area contributed by atoms with Crippen LogP contribution in [0.15, 0.2) is 60.7 Å². The topological polar surface area (TPSA) is 225 Å². The highest BCUT2D eigenvalue weighted by Crippen LogP contribution is 2.38. The monoisotopic (exact) mass is 641 g/mol. The van der Waals surface area contributed by atoms with Gasteiger partial charge in [-0.2, -0.15) is 16.8 Å². The van der Waals surface area contributed by atoms with Crippen molar-refractivity contribution in [1.82, 2.24) is 5.32 Å². The molecule has 0 saturated carbocycles. The van der Waals surface area contributed by atoms with Crippen molar-refractivity contribution in [2.45, 2.75) is 13.2 Å². The molecule has 0 radical (unpaired) electrons. The summed E-state index contributed by atoms with van der Waals surface area (Å²) < 4.78 is 73.4. The van der Waals surface area contributed by atoms with Crippen LogP contribution in [-0.2, 0) is 33.4 Å². The van der Waals surface area contributed by atoms with Gasteiger partial charge in [-0.15, -0.1) is 0 Å². The smallest absolute Gasteiger partial charge is 0.261 e. The summed E-state index contributed by atoms with van der Waals surface area (Å²) in [5, 5.41) is 10.8. The highest BCUT2D eigenvalue weighted by atomic mass is 32.2. The summed E-state index contributed by atoms with van der Waals surface area (Å²) in [6, 6.07) is 17.9. The molecule has 6 N–H and O–H groups in total. The predicted molar refractivity (Wildman–Crippen MR) is 160 cm³/mol. The molecule has 0 atom stereocenters. The second-order valence-corrected chi connectivity index (χ2v) is 11.5. The third-order valence-electron chi connectivity index (χ3n) is 4.97. The average molecular weight is 642 g/mol. The van der Waals surface area contributed by atoms with Crippen molar-refractivity contribution < 1.29 is 49.7 Å². The molecular weight excluding hydrogens is 606 g/mol. The number of hydrogen-bond donors (Lipinski definition) is 5. The first-order valence-electron chi connectivity index (χ1n) is 12.0. The molecule has 0 fully saturated rings. The molecular formula is C27H35N3O11S2. The summed E-state index contributed by atoms with van der Waals surface area (Å²) >= 11 is 0. The van der Waals surface area contributed by atoms with Gasteiger partial charge in [-0.1, -0.05) is 24.3 Å². The minimum absolute atomic E-state index is 0.0438. The third-order valence-corrected chi connectivity index (χ3v) is 4.97. The number of methoxy groups -OCH3 is 3. The molecule has 3 rings (SSSR count). The molecule has 236 valence electrons. The second kappa shape index (κ2) is 17.0. The lowest BCUT2D eigenvalue weighted by atomic mass is 10.1. The fourth-order valence-electron chi connectivity index (χ4n) is 3.13. The number of carbonyl (C=O) groups excluding carboxylic acids is 1. The Bertz CT molecular complexity index is 1500. The van der Waals surface area contributed by atoms with Gasteiger partial charge in [0.25, 0.3) is 26.1 Å². The summed E-state index contributed by atoms with van der Waals surface area (Å²) in [6.07, 6.45) is 1.43. The van der Waals surface area contributed by atoms with E-state index in [1.807, 2.05) is 24.3 Å². The van der Waals surface area contributed by atoms with Crippen LogP contribution in [0.1, 0.15) is 27.0 Å². The minimum atomic E-state index is -3.67. The molecule has 3 aromatic carbocycles. The molecule has 0 heterocycles. The maximum Gasteiger partial charge on any atom is 0.261 e. The van der Waals surface area contributed by atoms with Crippen molar-refractivity contribution in [3.05, 3.63) is 82.9 Å². The molecule has 0 spiro atoms. The SMILES string of the molecule is COc1cc(C(=O)NC(=N)c2ccc(OCc3ccc(CN)cc3)cc2)cc(OC)c1OC.CS(=O)(=O)O.CS(=O)(=O)O. The lowest BCUT2D eigenvalue weighted by Gasteiger charge is -2.14. The lowest BCUT2D eigenvalue weighted by molar-refractivity contribution is 0.0976. The van der Waals surface area contributed by atoms with Gasteiger partial charge in [-0.05, 0) is 47.5 Å². The van der Waals surface area contributed by atoms with Crippen LogP contribution < -0.4 is 30.0 Å². The van der Waals surface area contributed by atoms with E-state index in [0.29, 0.717) is 54.2 Å². The number of nitrogens with two attached hydrogens (primary N) is 1. The van der Waals surface area contributed by atoms with E-state index < -0.39 is 26.1 Å². The van der Waals surface area contributed by atoms with E-state index >= 15 is 0 Å². The maximum absolute atomic E-state index is 12.7. The van der Waals surface area contributed by atoms with Crippen molar-refractivity contribution in [3.63, 3.8) is 0 Å². The Hall–Kier alpha value is -4.22. The number of benzene rings is 3. The normalized spacial score (nSPS) is 10.6. The van der Waals surface area contributed by atoms with Crippen LogP contribution in [0.3, 0.4) is 0 Å².